The van der Waals surface area contributed by atoms with Crippen LogP contribution in [0.3, 0.4) is 0 Å². The van der Waals surface area contributed by atoms with Crippen LogP contribution in [0.4, 0.5) is 0 Å². The number of aryl methyl sites for hydroxylation is 2. The highest BCUT2D eigenvalue weighted by molar-refractivity contribution is 5.98. The Kier molecular flexibility index (Phi) is 4.56. The Hall–Kier alpha value is -1.67. The van der Waals surface area contributed by atoms with E-state index in [0.29, 0.717) is 6.61 Å². The van der Waals surface area contributed by atoms with E-state index < -0.39 is 0 Å². The maximum atomic E-state index is 12.8. The van der Waals surface area contributed by atoms with Crippen LogP contribution in [0, 0.1) is 25.7 Å². The second-order valence-corrected chi connectivity index (χ2v) is 5.62. The number of carbonyl (C=O) groups excluding carboxylic acids is 1. The molecular weight excluding hydrogens is 248 g/mol. The molecule has 2 atom stereocenters. The van der Waals surface area contributed by atoms with Gasteiger partial charge in [-0.3, -0.25) is 4.79 Å². The number of hydrogen-bond acceptors (Lipinski definition) is 2. The molecule has 1 aromatic rings. The van der Waals surface area contributed by atoms with Crippen molar-refractivity contribution in [1.29, 1.82) is 0 Å². The van der Waals surface area contributed by atoms with E-state index in [2.05, 4.69) is 12.6 Å². The first kappa shape index (κ1) is 14.7. The number of hydrogen-bond donors (Lipinski definition) is 0. The molecule has 0 radical (unpaired) electrons. The Morgan fingerprint density at radius 1 is 1.30 bits per heavy atom. The molecule has 0 saturated carbocycles. The Morgan fingerprint density at radius 2 is 1.95 bits per heavy atom. The standard InChI is InChI=1S/C18H22O2/c1-12-8-13(2)10-15(9-12)18(19)16-7-5-6-14(3)17(16)11-20-4/h5-6,8-10,16-17H,3,7,11H2,1-2,4H3/t16-,17-/m0/s1. The van der Waals surface area contributed by atoms with E-state index >= 15 is 0 Å². The van der Waals surface area contributed by atoms with Gasteiger partial charge in [-0.05, 0) is 38.0 Å². The van der Waals surface area contributed by atoms with Crippen molar-refractivity contribution in [2.24, 2.45) is 11.8 Å². The first-order chi connectivity index (χ1) is 9.52. The maximum Gasteiger partial charge on any atom is 0.166 e. The first-order valence-corrected chi connectivity index (χ1v) is 6.99. The fraction of sp³-hybridized carbons (Fsp3) is 0.389. The lowest BCUT2D eigenvalue weighted by Gasteiger charge is -2.28. The van der Waals surface area contributed by atoms with Gasteiger partial charge in [-0.2, -0.15) is 0 Å². The number of ketones is 1. The van der Waals surface area contributed by atoms with Crippen molar-refractivity contribution in [3.63, 3.8) is 0 Å². The molecule has 0 heterocycles. The summed E-state index contributed by atoms with van der Waals surface area (Å²) < 4.78 is 5.27. The summed E-state index contributed by atoms with van der Waals surface area (Å²) in [4.78, 5) is 12.8. The van der Waals surface area contributed by atoms with E-state index in [-0.39, 0.29) is 17.6 Å². The fourth-order valence-corrected chi connectivity index (χ4v) is 2.94. The number of rotatable bonds is 4. The number of benzene rings is 1. The van der Waals surface area contributed by atoms with Crippen LogP contribution in [0.5, 0.6) is 0 Å². The molecule has 0 spiro atoms. The molecule has 0 aliphatic heterocycles. The third-order valence-electron chi connectivity index (χ3n) is 3.87. The number of ether oxygens (including phenoxy) is 1. The summed E-state index contributed by atoms with van der Waals surface area (Å²) in [5.74, 6) is 0.219. The van der Waals surface area contributed by atoms with Crippen LogP contribution < -0.4 is 0 Å². The minimum absolute atomic E-state index is 0.0614. The maximum absolute atomic E-state index is 12.8. The largest absolute Gasteiger partial charge is 0.384 e. The molecule has 1 aliphatic carbocycles. The lowest BCUT2D eigenvalue weighted by atomic mass is 9.76. The van der Waals surface area contributed by atoms with Gasteiger partial charge in [0.1, 0.15) is 0 Å². The topological polar surface area (TPSA) is 26.3 Å². The minimum Gasteiger partial charge on any atom is -0.384 e. The van der Waals surface area contributed by atoms with E-state index in [1.807, 2.05) is 38.1 Å². The van der Waals surface area contributed by atoms with Crippen LogP contribution in [0.2, 0.25) is 0 Å². The summed E-state index contributed by atoms with van der Waals surface area (Å²) in [6.45, 7) is 8.65. The summed E-state index contributed by atoms with van der Waals surface area (Å²) in [6.07, 6.45) is 4.81. The zero-order valence-electron chi connectivity index (χ0n) is 12.5. The second kappa shape index (κ2) is 6.19. The molecular formula is C18H22O2. The molecule has 20 heavy (non-hydrogen) atoms. The van der Waals surface area contributed by atoms with Crippen LogP contribution >= 0.6 is 0 Å². The monoisotopic (exact) mass is 270 g/mol. The molecule has 2 nitrogen and oxygen atoms in total. The zero-order chi connectivity index (χ0) is 14.7. The van der Waals surface area contributed by atoms with E-state index in [4.69, 9.17) is 4.74 Å². The van der Waals surface area contributed by atoms with Crippen LogP contribution in [-0.2, 0) is 4.74 Å². The third-order valence-corrected chi connectivity index (χ3v) is 3.87. The molecule has 1 aromatic carbocycles. The van der Waals surface area contributed by atoms with Crippen LogP contribution in [-0.4, -0.2) is 19.5 Å². The van der Waals surface area contributed by atoms with Gasteiger partial charge < -0.3 is 4.74 Å². The number of Topliss-reactive ketones (excluding diaryl/α,β-unsaturated/α-hetero) is 1. The SMILES string of the molecule is C=C1C=CC[C@H](C(=O)c2cc(C)cc(C)c2)[C@H]1COC. The number of allylic oxidation sites excluding steroid dienone is 2. The van der Waals surface area contributed by atoms with Crippen LogP contribution in [0.15, 0.2) is 42.5 Å². The Morgan fingerprint density at radius 3 is 2.55 bits per heavy atom. The van der Waals surface area contributed by atoms with Crippen molar-refractivity contribution in [2.75, 3.05) is 13.7 Å². The Bertz CT molecular complexity index is 534. The molecule has 0 N–H and O–H groups in total. The van der Waals surface area contributed by atoms with Crippen molar-refractivity contribution in [1.82, 2.24) is 0 Å². The molecule has 0 amide bonds. The molecule has 0 saturated heterocycles. The molecule has 106 valence electrons. The van der Waals surface area contributed by atoms with Crippen LogP contribution in [0.1, 0.15) is 27.9 Å². The van der Waals surface area contributed by atoms with Gasteiger partial charge in [-0.1, -0.05) is 35.9 Å². The minimum atomic E-state index is -0.0614. The molecule has 0 bridgehead atoms. The van der Waals surface area contributed by atoms with Crippen molar-refractivity contribution >= 4 is 5.78 Å². The highest BCUT2D eigenvalue weighted by Crippen LogP contribution is 2.32. The summed E-state index contributed by atoms with van der Waals surface area (Å²) in [6, 6.07) is 6.03. The van der Waals surface area contributed by atoms with Gasteiger partial charge in [0.25, 0.3) is 0 Å². The predicted octanol–water partition coefficient (Wildman–Crippen LogP) is 3.88. The molecule has 1 aliphatic rings. The summed E-state index contributed by atoms with van der Waals surface area (Å²) in [7, 11) is 1.67. The lowest BCUT2D eigenvalue weighted by molar-refractivity contribution is 0.0805. The Balaban J connectivity index is 2.30. The average Bonchev–Trinajstić information content (AvgIpc) is 2.39. The van der Waals surface area contributed by atoms with E-state index in [0.717, 1.165) is 28.7 Å². The van der Waals surface area contributed by atoms with Gasteiger partial charge >= 0.3 is 0 Å². The Labute approximate surface area is 121 Å². The van der Waals surface area contributed by atoms with Crippen LogP contribution in [0.25, 0.3) is 0 Å². The van der Waals surface area contributed by atoms with Crippen molar-refractivity contribution in [2.45, 2.75) is 20.3 Å². The van der Waals surface area contributed by atoms with Crippen molar-refractivity contribution in [3.8, 4) is 0 Å². The zero-order valence-corrected chi connectivity index (χ0v) is 12.5. The molecule has 0 aromatic heterocycles. The second-order valence-electron chi connectivity index (χ2n) is 5.62. The van der Waals surface area contributed by atoms with E-state index in [1.54, 1.807) is 7.11 Å². The van der Waals surface area contributed by atoms with Gasteiger partial charge in [0.05, 0.1) is 6.61 Å². The normalized spacial score (nSPS) is 22.1. The van der Waals surface area contributed by atoms with Gasteiger partial charge in [-0.25, -0.2) is 0 Å². The van der Waals surface area contributed by atoms with Crippen molar-refractivity contribution in [3.05, 3.63) is 59.2 Å². The molecule has 2 heteroatoms. The number of methoxy groups -OCH3 is 1. The lowest BCUT2D eigenvalue weighted by Crippen LogP contribution is -2.30. The van der Waals surface area contributed by atoms with Gasteiger partial charge in [0.15, 0.2) is 5.78 Å². The highest BCUT2D eigenvalue weighted by Gasteiger charge is 2.31. The molecule has 0 fully saturated rings. The summed E-state index contributed by atoms with van der Waals surface area (Å²) in [5.41, 5.74) is 4.04. The summed E-state index contributed by atoms with van der Waals surface area (Å²) >= 11 is 0. The smallest absolute Gasteiger partial charge is 0.166 e. The summed E-state index contributed by atoms with van der Waals surface area (Å²) in [5, 5.41) is 0. The number of carbonyl (C=O) groups is 1. The van der Waals surface area contributed by atoms with Crippen molar-refractivity contribution < 1.29 is 9.53 Å². The van der Waals surface area contributed by atoms with Gasteiger partial charge in [-0.15, -0.1) is 0 Å². The highest BCUT2D eigenvalue weighted by atomic mass is 16.5. The third kappa shape index (κ3) is 3.07. The van der Waals surface area contributed by atoms with E-state index in [1.165, 1.54) is 0 Å². The quantitative estimate of drug-likeness (QED) is 0.776. The first-order valence-electron chi connectivity index (χ1n) is 6.99. The van der Waals surface area contributed by atoms with E-state index in [9.17, 15) is 4.79 Å². The van der Waals surface area contributed by atoms with Gasteiger partial charge in [0, 0.05) is 24.5 Å². The molecule has 0 unspecified atom stereocenters. The fourth-order valence-electron chi connectivity index (χ4n) is 2.94. The molecule has 2 rings (SSSR count). The average molecular weight is 270 g/mol. The van der Waals surface area contributed by atoms with Gasteiger partial charge in [0.2, 0.25) is 0 Å². The predicted molar refractivity (Wildman–Crippen MR) is 82.0 cm³/mol.